The van der Waals surface area contributed by atoms with Crippen molar-refractivity contribution >= 4 is 5.78 Å². The SMILES string of the molecule is CC1CCCCC1N(C)CC(=O)c1c(F)cccc1F. The van der Waals surface area contributed by atoms with E-state index in [0.717, 1.165) is 31.4 Å². The lowest BCUT2D eigenvalue weighted by Crippen LogP contribution is -2.41. The predicted octanol–water partition coefficient (Wildman–Crippen LogP) is 3.66. The predicted molar refractivity (Wildman–Crippen MR) is 74.7 cm³/mol. The van der Waals surface area contributed by atoms with Crippen LogP contribution in [0.4, 0.5) is 8.78 Å². The van der Waals surface area contributed by atoms with Crippen molar-refractivity contribution in [3.05, 3.63) is 35.4 Å². The van der Waals surface area contributed by atoms with E-state index < -0.39 is 23.0 Å². The highest BCUT2D eigenvalue weighted by atomic mass is 19.1. The van der Waals surface area contributed by atoms with Crippen LogP contribution in [0.1, 0.15) is 43.0 Å². The highest BCUT2D eigenvalue weighted by Crippen LogP contribution is 2.27. The Morgan fingerprint density at radius 3 is 2.45 bits per heavy atom. The fourth-order valence-electron chi connectivity index (χ4n) is 3.14. The number of ketones is 1. The van der Waals surface area contributed by atoms with Crippen molar-refractivity contribution in [1.82, 2.24) is 4.90 Å². The molecule has 20 heavy (non-hydrogen) atoms. The van der Waals surface area contributed by atoms with Crippen LogP contribution in [-0.2, 0) is 0 Å². The molecule has 0 heterocycles. The fraction of sp³-hybridized carbons (Fsp3) is 0.562. The number of benzene rings is 1. The van der Waals surface area contributed by atoms with Crippen molar-refractivity contribution in [3.8, 4) is 0 Å². The number of nitrogens with zero attached hydrogens (tertiary/aromatic N) is 1. The van der Waals surface area contributed by atoms with Crippen LogP contribution in [0, 0.1) is 17.6 Å². The van der Waals surface area contributed by atoms with Crippen molar-refractivity contribution in [3.63, 3.8) is 0 Å². The molecule has 2 unspecified atom stereocenters. The summed E-state index contributed by atoms with van der Waals surface area (Å²) in [5.41, 5.74) is -0.414. The zero-order valence-electron chi connectivity index (χ0n) is 12.0. The molecular weight excluding hydrogens is 260 g/mol. The molecule has 1 aliphatic carbocycles. The summed E-state index contributed by atoms with van der Waals surface area (Å²) in [7, 11) is 1.86. The van der Waals surface area contributed by atoms with E-state index in [-0.39, 0.29) is 6.54 Å². The standard InChI is InChI=1S/C16H21F2NO/c1-11-6-3-4-9-14(11)19(2)10-15(20)16-12(17)7-5-8-13(16)18/h5,7-8,11,14H,3-4,6,9-10H2,1-2H3. The van der Waals surface area contributed by atoms with E-state index in [1.807, 2.05) is 11.9 Å². The first-order chi connectivity index (χ1) is 9.50. The van der Waals surface area contributed by atoms with Gasteiger partial charge in [0.25, 0.3) is 0 Å². The molecule has 0 aliphatic heterocycles. The zero-order chi connectivity index (χ0) is 14.7. The summed E-state index contributed by atoms with van der Waals surface area (Å²) in [6.45, 7) is 2.24. The van der Waals surface area contributed by atoms with Crippen LogP contribution in [0.25, 0.3) is 0 Å². The smallest absolute Gasteiger partial charge is 0.182 e. The number of likely N-dealkylation sites (N-methyl/N-ethyl adjacent to an activating group) is 1. The van der Waals surface area contributed by atoms with Gasteiger partial charge in [0.2, 0.25) is 0 Å². The number of carbonyl (C=O) groups excluding carboxylic acids is 1. The van der Waals surface area contributed by atoms with Crippen LogP contribution in [0.15, 0.2) is 18.2 Å². The van der Waals surface area contributed by atoms with E-state index in [0.29, 0.717) is 12.0 Å². The molecule has 0 aromatic heterocycles. The molecular formula is C16H21F2NO. The van der Waals surface area contributed by atoms with Gasteiger partial charge >= 0.3 is 0 Å². The minimum Gasteiger partial charge on any atom is -0.296 e. The summed E-state index contributed by atoms with van der Waals surface area (Å²) in [5, 5.41) is 0. The molecule has 4 heteroatoms. The lowest BCUT2D eigenvalue weighted by molar-refractivity contribution is 0.0843. The number of rotatable bonds is 4. The second kappa shape index (κ2) is 6.44. The van der Waals surface area contributed by atoms with Gasteiger partial charge < -0.3 is 0 Å². The van der Waals surface area contributed by atoms with E-state index >= 15 is 0 Å². The Labute approximate surface area is 118 Å². The maximum absolute atomic E-state index is 13.6. The van der Waals surface area contributed by atoms with Gasteiger partial charge in [-0.1, -0.05) is 25.8 Å². The molecule has 0 amide bonds. The molecule has 1 aromatic carbocycles. The largest absolute Gasteiger partial charge is 0.296 e. The van der Waals surface area contributed by atoms with Crippen molar-refractivity contribution in [2.24, 2.45) is 5.92 Å². The maximum Gasteiger partial charge on any atom is 0.182 e. The van der Waals surface area contributed by atoms with Crippen LogP contribution in [0.3, 0.4) is 0 Å². The number of hydrogen-bond acceptors (Lipinski definition) is 2. The number of carbonyl (C=O) groups is 1. The van der Waals surface area contributed by atoms with Crippen LogP contribution < -0.4 is 0 Å². The van der Waals surface area contributed by atoms with E-state index in [4.69, 9.17) is 0 Å². The van der Waals surface area contributed by atoms with E-state index in [1.54, 1.807) is 0 Å². The first kappa shape index (κ1) is 15.1. The number of hydrogen-bond donors (Lipinski definition) is 0. The molecule has 1 fully saturated rings. The van der Waals surface area contributed by atoms with Crippen molar-refractivity contribution in [2.75, 3.05) is 13.6 Å². The quantitative estimate of drug-likeness (QED) is 0.785. The van der Waals surface area contributed by atoms with Crippen molar-refractivity contribution in [2.45, 2.75) is 38.6 Å². The summed E-state index contributed by atoms with van der Waals surface area (Å²) in [4.78, 5) is 14.1. The number of Topliss-reactive ketones (excluding diaryl/α,β-unsaturated/α-hetero) is 1. The van der Waals surface area contributed by atoms with Gasteiger partial charge in [0.1, 0.15) is 11.6 Å². The summed E-state index contributed by atoms with van der Waals surface area (Å²) < 4.78 is 27.2. The van der Waals surface area contributed by atoms with Crippen LogP contribution in [0.5, 0.6) is 0 Å². The lowest BCUT2D eigenvalue weighted by atomic mass is 9.85. The summed E-state index contributed by atoms with van der Waals surface area (Å²) >= 11 is 0. The molecule has 0 N–H and O–H groups in total. The second-order valence-corrected chi connectivity index (χ2v) is 5.76. The second-order valence-electron chi connectivity index (χ2n) is 5.76. The molecule has 1 aliphatic rings. The first-order valence-electron chi connectivity index (χ1n) is 7.18. The monoisotopic (exact) mass is 281 g/mol. The lowest BCUT2D eigenvalue weighted by Gasteiger charge is -2.35. The molecule has 0 saturated heterocycles. The van der Waals surface area contributed by atoms with Crippen LogP contribution >= 0.6 is 0 Å². The molecule has 2 atom stereocenters. The molecule has 0 spiro atoms. The van der Waals surface area contributed by atoms with Gasteiger partial charge in [-0.05, 0) is 37.9 Å². The molecule has 0 radical (unpaired) electrons. The number of halogens is 2. The van der Waals surface area contributed by atoms with Gasteiger partial charge in [-0.3, -0.25) is 9.69 Å². The molecule has 0 bridgehead atoms. The average molecular weight is 281 g/mol. The van der Waals surface area contributed by atoms with E-state index in [1.165, 1.54) is 12.5 Å². The minimum atomic E-state index is -0.778. The van der Waals surface area contributed by atoms with Gasteiger partial charge in [0.15, 0.2) is 5.78 Å². The Morgan fingerprint density at radius 1 is 1.25 bits per heavy atom. The molecule has 1 aromatic rings. The van der Waals surface area contributed by atoms with Gasteiger partial charge in [0.05, 0.1) is 12.1 Å². The molecule has 2 nitrogen and oxygen atoms in total. The highest BCUT2D eigenvalue weighted by Gasteiger charge is 2.27. The van der Waals surface area contributed by atoms with Gasteiger partial charge in [0, 0.05) is 6.04 Å². The fourth-order valence-corrected chi connectivity index (χ4v) is 3.14. The molecule has 1 saturated carbocycles. The Balaban J connectivity index is 2.07. The normalized spacial score (nSPS) is 23.1. The van der Waals surface area contributed by atoms with E-state index in [9.17, 15) is 13.6 Å². The summed E-state index contributed by atoms with van der Waals surface area (Å²) in [6.07, 6.45) is 4.57. The maximum atomic E-state index is 13.6. The minimum absolute atomic E-state index is 0.0624. The Hall–Kier alpha value is -1.29. The topological polar surface area (TPSA) is 20.3 Å². The van der Waals surface area contributed by atoms with Crippen LogP contribution in [-0.4, -0.2) is 30.3 Å². The molecule has 110 valence electrons. The third kappa shape index (κ3) is 3.23. The summed E-state index contributed by atoms with van der Waals surface area (Å²) in [5.74, 6) is -1.52. The van der Waals surface area contributed by atoms with Gasteiger partial charge in [-0.2, -0.15) is 0 Å². The van der Waals surface area contributed by atoms with Gasteiger partial charge in [-0.15, -0.1) is 0 Å². The summed E-state index contributed by atoms with van der Waals surface area (Å²) in [6, 6.07) is 3.84. The van der Waals surface area contributed by atoms with Crippen molar-refractivity contribution < 1.29 is 13.6 Å². The Morgan fingerprint density at radius 2 is 1.85 bits per heavy atom. The van der Waals surface area contributed by atoms with E-state index in [2.05, 4.69) is 6.92 Å². The zero-order valence-corrected chi connectivity index (χ0v) is 12.0. The average Bonchev–Trinajstić information content (AvgIpc) is 2.38. The Kier molecular flexibility index (Phi) is 4.86. The first-order valence-corrected chi connectivity index (χ1v) is 7.18. The highest BCUT2D eigenvalue weighted by molar-refractivity contribution is 5.98. The van der Waals surface area contributed by atoms with Gasteiger partial charge in [-0.25, -0.2) is 8.78 Å². The third-order valence-electron chi connectivity index (χ3n) is 4.27. The van der Waals surface area contributed by atoms with Crippen molar-refractivity contribution in [1.29, 1.82) is 0 Å². The molecule has 2 rings (SSSR count). The third-order valence-corrected chi connectivity index (χ3v) is 4.27. The van der Waals surface area contributed by atoms with Crippen LogP contribution in [0.2, 0.25) is 0 Å². The Bertz CT molecular complexity index is 469.